The second-order valence-electron chi connectivity index (χ2n) is 7.65. The first kappa shape index (κ1) is 23.6. The zero-order valence-electron chi connectivity index (χ0n) is 17.3. The second kappa shape index (κ2) is 9.22. The zero-order valence-corrected chi connectivity index (χ0v) is 18.1. The Labute approximate surface area is 179 Å². The van der Waals surface area contributed by atoms with E-state index in [1.165, 1.54) is 11.2 Å². The SMILES string of the molecule is CCC(C)n1cnc2c(NC3CCN(S(=O)O)C3)nc(NC(C)C(O)C(F)(F)F)nc21. The number of hydrogen-bond acceptors (Lipinski definition) is 7. The van der Waals surface area contributed by atoms with Crippen molar-refractivity contribution in [1.29, 1.82) is 0 Å². The Hall–Kier alpha value is -2.03. The molecule has 0 saturated carbocycles. The largest absolute Gasteiger partial charge is 0.416 e. The molecule has 174 valence electrons. The summed E-state index contributed by atoms with van der Waals surface area (Å²) in [7, 11) is 0. The lowest BCUT2D eigenvalue weighted by Gasteiger charge is -2.23. The summed E-state index contributed by atoms with van der Waals surface area (Å²) < 4.78 is 62.3. The molecule has 14 heteroatoms. The Bertz CT molecular complexity index is 942. The van der Waals surface area contributed by atoms with Gasteiger partial charge in [-0.25, -0.2) is 9.19 Å². The molecule has 4 N–H and O–H groups in total. The molecule has 31 heavy (non-hydrogen) atoms. The van der Waals surface area contributed by atoms with E-state index in [0.717, 1.165) is 6.42 Å². The number of halogens is 3. The average Bonchev–Trinajstić information content (AvgIpc) is 3.33. The normalized spacial score (nSPS) is 21.7. The number of nitrogens with zero attached hydrogens (tertiary/aromatic N) is 5. The van der Waals surface area contributed by atoms with Crippen LogP contribution >= 0.6 is 0 Å². The maximum Gasteiger partial charge on any atom is 0.416 e. The van der Waals surface area contributed by atoms with Crippen LogP contribution in [0.5, 0.6) is 0 Å². The van der Waals surface area contributed by atoms with Gasteiger partial charge in [-0.3, -0.25) is 4.55 Å². The van der Waals surface area contributed by atoms with Crippen molar-refractivity contribution >= 4 is 34.2 Å². The van der Waals surface area contributed by atoms with E-state index in [9.17, 15) is 27.0 Å². The maximum absolute atomic E-state index is 12.9. The molecule has 1 aliphatic rings. The third-order valence-electron chi connectivity index (χ3n) is 5.37. The molecule has 1 aliphatic heterocycles. The van der Waals surface area contributed by atoms with Crippen LogP contribution in [-0.2, 0) is 11.3 Å². The summed E-state index contributed by atoms with van der Waals surface area (Å²) >= 11 is -2.08. The third kappa shape index (κ3) is 5.25. The summed E-state index contributed by atoms with van der Waals surface area (Å²) in [6, 6.07) is -1.55. The van der Waals surface area contributed by atoms with Gasteiger partial charge in [0.2, 0.25) is 17.2 Å². The van der Waals surface area contributed by atoms with Crippen molar-refractivity contribution in [2.75, 3.05) is 23.7 Å². The van der Waals surface area contributed by atoms with E-state index in [0.29, 0.717) is 36.5 Å². The van der Waals surface area contributed by atoms with Crippen molar-refractivity contribution in [2.24, 2.45) is 0 Å². The zero-order chi connectivity index (χ0) is 22.9. The number of aliphatic hydroxyl groups excluding tert-OH is 1. The van der Waals surface area contributed by atoms with Crippen LogP contribution in [0.25, 0.3) is 11.2 Å². The van der Waals surface area contributed by atoms with Crippen LogP contribution < -0.4 is 10.6 Å². The number of aromatic nitrogens is 4. The van der Waals surface area contributed by atoms with Gasteiger partial charge >= 0.3 is 6.18 Å². The molecular formula is C17H26F3N7O3S. The molecule has 5 unspecified atom stereocenters. The molecule has 0 aliphatic carbocycles. The molecule has 1 saturated heterocycles. The lowest BCUT2D eigenvalue weighted by Crippen LogP contribution is -2.42. The Kier molecular flexibility index (Phi) is 7.03. The van der Waals surface area contributed by atoms with Gasteiger partial charge in [-0.1, -0.05) is 6.92 Å². The van der Waals surface area contributed by atoms with Gasteiger partial charge in [-0.15, -0.1) is 0 Å². The minimum absolute atomic E-state index is 0.0394. The molecule has 3 rings (SSSR count). The number of rotatable bonds is 8. The highest BCUT2D eigenvalue weighted by atomic mass is 32.2. The highest BCUT2D eigenvalue weighted by Crippen LogP contribution is 2.28. The molecule has 2 aromatic rings. The highest BCUT2D eigenvalue weighted by Gasteiger charge is 2.42. The molecule has 0 bridgehead atoms. The summed E-state index contributed by atoms with van der Waals surface area (Å²) in [6.07, 6.45) is -4.42. The molecular weight excluding hydrogens is 439 g/mol. The number of imidazole rings is 1. The minimum Gasteiger partial charge on any atom is -0.382 e. The number of fused-ring (bicyclic) bond motifs is 1. The number of alkyl halides is 3. The number of nitrogens with one attached hydrogen (secondary N) is 2. The first-order valence-corrected chi connectivity index (χ1v) is 11.0. The van der Waals surface area contributed by atoms with Gasteiger partial charge in [0.1, 0.15) is 0 Å². The quantitative estimate of drug-likeness (QED) is 0.437. The Balaban J connectivity index is 1.94. The summed E-state index contributed by atoms with van der Waals surface area (Å²) in [5, 5.41) is 15.2. The van der Waals surface area contributed by atoms with E-state index in [2.05, 4.69) is 25.6 Å². The summed E-state index contributed by atoms with van der Waals surface area (Å²) in [5.41, 5.74) is 0.877. The third-order valence-corrected chi connectivity index (χ3v) is 6.14. The summed E-state index contributed by atoms with van der Waals surface area (Å²) in [4.78, 5) is 13.0. The molecule has 0 radical (unpaired) electrons. The van der Waals surface area contributed by atoms with Gasteiger partial charge in [0, 0.05) is 25.2 Å². The van der Waals surface area contributed by atoms with Crippen LogP contribution in [0.3, 0.4) is 0 Å². The smallest absolute Gasteiger partial charge is 0.382 e. The van der Waals surface area contributed by atoms with Crippen LogP contribution in [0.2, 0.25) is 0 Å². The van der Waals surface area contributed by atoms with Gasteiger partial charge in [-0.05, 0) is 26.7 Å². The predicted octanol–water partition coefficient (Wildman–Crippen LogP) is 2.14. The van der Waals surface area contributed by atoms with Gasteiger partial charge in [-0.2, -0.15) is 27.4 Å². The van der Waals surface area contributed by atoms with Gasteiger partial charge in [0.05, 0.1) is 12.4 Å². The van der Waals surface area contributed by atoms with E-state index >= 15 is 0 Å². The molecule has 0 spiro atoms. The van der Waals surface area contributed by atoms with Crippen molar-refractivity contribution in [2.45, 2.75) is 64.0 Å². The number of aliphatic hydroxyl groups is 1. The fraction of sp³-hybridized carbons (Fsp3) is 0.706. The molecule has 2 aromatic heterocycles. The van der Waals surface area contributed by atoms with Gasteiger partial charge in [0.15, 0.2) is 23.1 Å². The van der Waals surface area contributed by atoms with Crippen molar-refractivity contribution in [1.82, 2.24) is 23.8 Å². The Morgan fingerprint density at radius 3 is 2.65 bits per heavy atom. The second-order valence-corrected chi connectivity index (χ2v) is 8.62. The van der Waals surface area contributed by atoms with Crippen molar-refractivity contribution in [3.05, 3.63) is 6.33 Å². The van der Waals surface area contributed by atoms with Gasteiger partial charge < -0.3 is 20.3 Å². The molecule has 0 amide bonds. The number of hydrogen-bond donors (Lipinski definition) is 4. The van der Waals surface area contributed by atoms with Crippen molar-refractivity contribution in [3.8, 4) is 0 Å². The first-order chi connectivity index (χ1) is 14.5. The lowest BCUT2D eigenvalue weighted by molar-refractivity contribution is -0.206. The van der Waals surface area contributed by atoms with Crippen LogP contribution in [0, 0.1) is 0 Å². The van der Waals surface area contributed by atoms with E-state index in [4.69, 9.17) is 0 Å². The molecule has 3 heterocycles. The molecule has 5 atom stereocenters. The van der Waals surface area contributed by atoms with E-state index in [1.807, 2.05) is 18.4 Å². The van der Waals surface area contributed by atoms with E-state index < -0.39 is 29.6 Å². The first-order valence-electron chi connectivity index (χ1n) is 9.89. The van der Waals surface area contributed by atoms with Crippen molar-refractivity contribution in [3.63, 3.8) is 0 Å². The van der Waals surface area contributed by atoms with Crippen LogP contribution in [0.4, 0.5) is 24.9 Å². The monoisotopic (exact) mass is 465 g/mol. The van der Waals surface area contributed by atoms with E-state index in [-0.39, 0.29) is 18.0 Å². The topological polar surface area (TPSA) is 128 Å². The molecule has 0 aromatic carbocycles. The summed E-state index contributed by atoms with van der Waals surface area (Å²) in [6.45, 7) is 5.85. The van der Waals surface area contributed by atoms with E-state index in [1.54, 1.807) is 6.33 Å². The Morgan fingerprint density at radius 2 is 2.06 bits per heavy atom. The highest BCUT2D eigenvalue weighted by molar-refractivity contribution is 7.76. The average molecular weight is 466 g/mol. The summed E-state index contributed by atoms with van der Waals surface area (Å²) in [5.74, 6) is 0.218. The fourth-order valence-electron chi connectivity index (χ4n) is 3.35. The number of anilines is 2. The van der Waals surface area contributed by atoms with Crippen LogP contribution in [-0.4, -0.2) is 75.1 Å². The lowest BCUT2D eigenvalue weighted by atomic mass is 10.2. The fourth-order valence-corrected chi connectivity index (χ4v) is 3.92. The van der Waals surface area contributed by atoms with Crippen LogP contribution in [0.1, 0.15) is 39.7 Å². The van der Waals surface area contributed by atoms with Gasteiger partial charge in [0.25, 0.3) is 0 Å². The Morgan fingerprint density at radius 1 is 1.35 bits per heavy atom. The van der Waals surface area contributed by atoms with Crippen molar-refractivity contribution < 1.29 is 27.0 Å². The predicted molar refractivity (Wildman–Crippen MR) is 110 cm³/mol. The maximum atomic E-state index is 12.9. The minimum atomic E-state index is -4.79. The van der Waals surface area contributed by atoms with Crippen LogP contribution in [0.15, 0.2) is 6.33 Å². The molecule has 10 nitrogen and oxygen atoms in total. The standard InChI is InChI=1S/C17H26F3N7O3S/c1-4-9(2)27-8-21-12-14(23-11-5-6-26(7-11)31(29)30)24-16(25-15(12)27)22-10(3)13(28)17(18,19)20/h8-11,13,28H,4-7H2,1-3H3,(H,29,30)(H2,22,23,24,25). The molecule has 1 fully saturated rings.